The average Bonchev–Trinajstić information content (AvgIpc) is 3.54. The molecule has 4 rings (SSSR count). The van der Waals surface area contributed by atoms with Gasteiger partial charge in [-0.2, -0.15) is 5.26 Å². The Labute approximate surface area is 206 Å². The van der Waals surface area contributed by atoms with Crippen molar-refractivity contribution in [2.45, 2.75) is 13.0 Å². The normalized spacial score (nSPS) is 11.2. The molecule has 0 atom stereocenters. The van der Waals surface area contributed by atoms with Crippen LogP contribution in [0.5, 0.6) is 11.5 Å². The van der Waals surface area contributed by atoms with Crippen LogP contribution in [0.2, 0.25) is 0 Å². The van der Waals surface area contributed by atoms with Gasteiger partial charge in [0.2, 0.25) is 5.76 Å². The van der Waals surface area contributed by atoms with Crippen LogP contribution < -0.4 is 14.8 Å². The molecular formula is C27H23N3O6. The van der Waals surface area contributed by atoms with Gasteiger partial charge in [-0.25, -0.2) is 4.79 Å². The van der Waals surface area contributed by atoms with Gasteiger partial charge in [-0.15, -0.1) is 0 Å². The van der Waals surface area contributed by atoms with E-state index in [0.29, 0.717) is 35.8 Å². The van der Waals surface area contributed by atoms with E-state index in [1.165, 1.54) is 25.3 Å². The van der Waals surface area contributed by atoms with Crippen molar-refractivity contribution in [3.63, 3.8) is 0 Å². The van der Waals surface area contributed by atoms with Crippen molar-refractivity contribution in [3.8, 4) is 17.6 Å². The first-order valence-corrected chi connectivity index (χ1v) is 11.1. The van der Waals surface area contributed by atoms with Gasteiger partial charge < -0.3 is 29.3 Å². The summed E-state index contributed by atoms with van der Waals surface area (Å²) in [5.74, 6) is -0.691. The highest BCUT2D eigenvalue weighted by atomic mass is 16.5. The Hall–Kier alpha value is -4.97. The van der Waals surface area contributed by atoms with Gasteiger partial charge >= 0.3 is 5.97 Å². The number of furan rings is 1. The number of nitrogens with zero attached hydrogens (tertiary/aromatic N) is 1. The van der Waals surface area contributed by atoms with Crippen LogP contribution in [0.3, 0.4) is 0 Å². The summed E-state index contributed by atoms with van der Waals surface area (Å²) in [6.07, 6.45) is 4.02. The molecule has 182 valence electrons. The third-order valence-corrected chi connectivity index (χ3v) is 5.46. The number of carbonyl (C=O) groups excluding carboxylic acids is 1. The van der Waals surface area contributed by atoms with E-state index in [1.54, 1.807) is 18.2 Å². The average molecular weight is 485 g/mol. The number of fused-ring (bicyclic) bond motifs is 1. The number of carboxylic acid groups (broad SMARTS) is 1. The van der Waals surface area contributed by atoms with Crippen molar-refractivity contribution >= 4 is 28.9 Å². The van der Waals surface area contributed by atoms with E-state index in [-0.39, 0.29) is 17.9 Å². The Morgan fingerprint density at radius 2 is 2.00 bits per heavy atom. The molecule has 36 heavy (non-hydrogen) atoms. The smallest absolute Gasteiger partial charge is 0.371 e. The van der Waals surface area contributed by atoms with Gasteiger partial charge in [-0.3, -0.25) is 4.79 Å². The number of amides is 1. The van der Waals surface area contributed by atoms with Crippen LogP contribution in [0.15, 0.2) is 70.8 Å². The van der Waals surface area contributed by atoms with E-state index in [0.717, 1.165) is 16.5 Å². The fourth-order valence-corrected chi connectivity index (χ4v) is 3.67. The van der Waals surface area contributed by atoms with Gasteiger partial charge in [0.1, 0.15) is 24.0 Å². The minimum atomic E-state index is -1.16. The number of nitrogens with one attached hydrogen (secondary N) is 2. The number of hydrogen-bond acceptors (Lipinski definition) is 6. The van der Waals surface area contributed by atoms with Crippen molar-refractivity contribution in [2.75, 3.05) is 13.7 Å². The number of ether oxygens (including phenoxy) is 2. The Bertz CT molecular complexity index is 1470. The van der Waals surface area contributed by atoms with Gasteiger partial charge in [0, 0.05) is 23.6 Å². The van der Waals surface area contributed by atoms with Crippen LogP contribution in [-0.2, 0) is 17.8 Å². The number of hydrogen-bond donors (Lipinski definition) is 3. The third-order valence-electron chi connectivity index (χ3n) is 5.46. The molecule has 0 aliphatic carbocycles. The van der Waals surface area contributed by atoms with Gasteiger partial charge in [0.15, 0.2) is 11.5 Å². The number of benzene rings is 2. The van der Waals surface area contributed by atoms with Crippen LogP contribution in [0.4, 0.5) is 0 Å². The van der Waals surface area contributed by atoms with Crippen LogP contribution in [0.25, 0.3) is 17.0 Å². The minimum Gasteiger partial charge on any atom is -0.493 e. The van der Waals surface area contributed by atoms with Gasteiger partial charge in [-0.1, -0.05) is 24.3 Å². The third kappa shape index (κ3) is 5.56. The van der Waals surface area contributed by atoms with E-state index in [2.05, 4.69) is 10.3 Å². The number of para-hydroxylation sites is 1. The number of H-pyrrole nitrogens is 1. The lowest BCUT2D eigenvalue weighted by Gasteiger charge is -2.10. The lowest BCUT2D eigenvalue weighted by molar-refractivity contribution is -0.117. The summed E-state index contributed by atoms with van der Waals surface area (Å²) in [6.45, 7) is 0.382. The second kappa shape index (κ2) is 11.0. The molecule has 0 fully saturated rings. The van der Waals surface area contributed by atoms with Crippen LogP contribution in [0, 0.1) is 11.3 Å². The lowest BCUT2D eigenvalue weighted by Crippen LogP contribution is -2.26. The van der Waals surface area contributed by atoms with Crippen molar-refractivity contribution in [1.82, 2.24) is 10.3 Å². The fourth-order valence-electron chi connectivity index (χ4n) is 3.67. The highest BCUT2D eigenvalue weighted by Gasteiger charge is 2.13. The Morgan fingerprint density at radius 1 is 1.17 bits per heavy atom. The second-order valence-electron chi connectivity index (χ2n) is 7.81. The first kappa shape index (κ1) is 24.2. The molecule has 0 aliphatic rings. The Balaban J connectivity index is 1.38. The number of methoxy groups -OCH3 is 1. The molecule has 0 bridgehead atoms. The number of aromatic amines is 1. The summed E-state index contributed by atoms with van der Waals surface area (Å²) < 4.78 is 16.2. The van der Waals surface area contributed by atoms with Crippen LogP contribution in [0.1, 0.15) is 27.4 Å². The zero-order valence-electron chi connectivity index (χ0n) is 19.4. The monoisotopic (exact) mass is 485 g/mol. The molecule has 2 heterocycles. The molecule has 0 saturated carbocycles. The minimum absolute atomic E-state index is 0.00110. The molecule has 0 aliphatic heterocycles. The van der Waals surface area contributed by atoms with Gasteiger partial charge in [0.05, 0.1) is 7.11 Å². The first-order valence-electron chi connectivity index (χ1n) is 11.1. The predicted octanol–water partition coefficient (Wildman–Crippen LogP) is 4.31. The van der Waals surface area contributed by atoms with E-state index in [4.69, 9.17) is 19.0 Å². The fraction of sp³-hybridized carbons (Fsp3) is 0.148. The molecule has 4 aromatic rings. The molecule has 3 N–H and O–H groups in total. The molecule has 2 aromatic carbocycles. The first-order chi connectivity index (χ1) is 17.5. The zero-order chi connectivity index (χ0) is 25.5. The van der Waals surface area contributed by atoms with Crippen LogP contribution in [-0.4, -0.2) is 35.6 Å². The predicted molar refractivity (Wildman–Crippen MR) is 132 cm³/mol. The van der Waals surface area contributed by atoms with Gasteiger partial charge in [-0.05, 0) is 54.0 Å². The van der Waals surface area contributed by atoms with E-state index < -0.39 is 11.9 Å². The molecular weight excluding hydrogens is 462 g/mol. The number of aromatic carboxylic acids is 1. The van der Waals surface area contributed by atoms with Crippen molar-refractivity contribution in [2.24, 2.45) is 0 Å². The summed E-state index contributed by atoms with van der Waals surface area (Å²) in [6, 6.07) is 17.7. The Morgan fingerprint density at radius 3 is 2.75 bits per heavy atom. The summed E-state index contributed by atoms with van der Waals surface area (Å²) in [4.78, 5) is 26.7. The van der Waals surface area contributed by atoms with Gasteiger partial charge in [0.25, 0.3) is 5.91 Å². The number of aromatic nitrogens is 1. The maximum Gasteiger partial charge on any atom is 0.371 e. The lowest BCUT2D eigenvalue weighted by atomic mass is 10.1. The highest BCUT2D eigenvalue weighted by Crippen LogP contribution is 2.30. The molecule has 2 aromatic heterocycles. The van der Waals surface area contributed by atoms with Crippen molar-refractivity contribution in [3.05, 3.63) is 89.0 Å². The number of carboxylic acids is 1. The molecule has 9 heteroatoms. The summed E-state index contributed by atoms with van der Waals surface area (Å²) >= 11 is 0. The molecule has 0 spiro atoms. The summed E-state index contributed by atoms with van der Waals surface area (Å²) in [5.41, 5.74) is 2.66. The zero-order valence-corrected chi connectivity index (χ0v) is 19.4. The number of rotatable bonds is 10. The molecule has 0 radical (unpaired) electrons. The molecule has 9 nitrogen and oxygen atoms in total. The standard InChI is InChI=1S/C27H23N3O6/c1-34-25-13-17(6-8-23(25)35-16-20-7-9-24(36-20)27(32)33)12-19(14-28)26(31)29-11-10-18-15-30-22-5-3-2-4-21(18)22/h2-9,12-13,15,30H,10-11,16H2,1H3,(H,29,31)(H,32,33). The maximum absolute atomic E-state index is 12.6. The van der Waals surface area contributed by atoms with Crippen molar-refractivity contribution in [1.29, 1.82) is 5.26 Å². The Kier molecular flexibility index (Phi) is 7.36. The SMILES string of the molecule is COc1cc(C=C(C#N)C(=O)NCCc2c[nH]c3ccccc23)ccc1OCc1ccc(C(=O)O)o1. The summed E-state index contributed by atoms with van der Waals surface area (Å²) in [7, 11) is 1.47. The second-order valence-corrected chi connectivity index (χ2v) is 7.81. The molecule has 0 unspecified atom stereocenters. The largest absolute Gasteiger partial charge is 0.493 e. The topological polar surface area (TPSA) is 138 Å². The van der Waals surface area contributed by atoms with E-state index >= 15 is 0 Å². The quantitative estimate of drug-likeness (QED) is 0.225. The summed E-state index contributed by atoms with van der Waals surface area (Å²) in [5, 5.41) is 22.4. The molecule has 1 amide bonds. The van der Waals surface area contributed by atoms with E-state index in [1.807, 2.05) is 36.5 Å². The van der Waals surface area contributed by atoms with Crippen molar-refractivity contribution < 1.29 is 28.6 Å². The number of carbonyl (C=O) groups is 2. The number of nitriles is 1. The van der Waals surface area contributed by atoms with Crippen LogP contribution >= 0.6 is 0 Å². The highest BCUT2D eigenvalue weighted by molar-refractivity contribution is 6.01. The maximum atomic E-state index is 12.6. The molecule has 0 saturated heterocycles. The van der Waals surface area contributed by atoms with E-state index in [9.17, 15) is 14.9 Å².